The van der Waals surface area contributed by atoms with E-state index in [0.717, 1.165) is 10.9 Å². The van der Waals surface area contributed by atoms with E-state index in [1.165, 1.54) is 4.90 Å². The zero-order valence-electron chi connectivity index (χ0n) is 10.7. The van der Waals surface area contributed by atoms with Crippen LogP contribution in [0.15, 0.2) is 24.4 Å². The van der Waals surface area contributed by atoms with Crippen LogP contribution in [0.1, 0.15) is 6.42 Å². The minimum atomic E-state index is -4.69. The fraction of sp³-hybridized carbons (Fsp3) is 0.333. The van der Waals surface area contributed by atoms with Crippen molar-refractivity contribution in [3.05, 3.63) is 24.4 Å². The highest BCUT2D eigenvalue weighted by molar-refractivity contribution is 7.87. The number of aromatic nitrogens is 2. The van der Waals surface area contributed by atoms with E-state index in [-0.39, 0.29) is 18.9 Å². The van der Waals surface area contributed by atoms with E-state index >= 15 is 0 Å². The predicted molar refractivity (Wildman–Crippen MR) is 71.5 cm³/mol. The molecule has 106 valence electrons. The van der Waals surface area contributed by atoms with Gasteiger partial charge in [-0.1, -0.05) is 0 Å². The average molecular weight is 297 g/mol. The van der Waals surface area contributed by atoms with E-state index in [0.29, 0.717) is 5.69 Å². The first-order valence-electron chi connectivity index (χ1n) is 6.02. The van der Waals surface area contributed by atoms with E-state index in [9.17, 15) is 17.1 Å². The first kappa shape index (κ1) is 13.0. The topological polar surface area (TPSA) is 72.3 Å². The highest BCUT2D eigenvalue weighted by atomic mass is 32.3. The molecule has 1 aliphatic rings. The van der Waals surface area contributed by atoms with Crippen molar-refractivity contribution in [1.29, 1.82) is 0 Å². The predicted octanol–water partition coefficient (Wildman–Crippen LogP) is 0.978. The molecule has 1 atom stereocenters. The smallest absolute Gasteiger partial charge is 0.307 e. The molecular weight excluding hydrogens is 285 g/mol. The largest absolute Gasteiger partial charge is 0.311 e. The van der Waals surface area contributed by atoms with E-state index < -0.39 is 15.5 Å². The lowest BCUT2D eigenvalue weighted by Gasteiger charge is -2.15. The summed E-state index contributed by atoms with van der Waals surface area (Å²) in [6.45, 7) is -0.149. The number of nitrogens with zero attached hydrogens (tertiary/aromatic N) is 3. The molecule has 2 heterocycles. The molecule has 1 aromatic heterocycles. The number of amides is 1. The van der Waals surface area contributed by atoms with Gasteiger partial charge in [-0.25, -0.2) is 0 Å². The van der Waals surface area contributed by atoms with Crippen LogP contribution in [0, 0.1) is 0 Å². The first-order valence-corrected chi connectivity index (χ1v) is 7.46. The molecule has 1 fully saturated rings. The lowest BCUT2D eigenvalue weighted by atomic mass is 10.2. The van der Waals surface area contributed by atoms with Gasteiger partial charge in [0.25, 0.3) is 0 Å². The van der Waals surface area contributed by atoms with Crippen LogP contribution in [0.2, 0.25) is 0 Å². The number of halogens is 1. The molecule has 0 saturated carbocycles. The van der Waals surface area contributed by atoms with Crippen LogP contribution in [-0.2, 0) is 22.1 Å². The normalized spacial score (nSPS) is 20.0. The highest BCUT2D eigenvalue weighted by Crippen LogP contribution is 2.28. The summed E-state index contributed by atoms with van der Waals surface area (Å²) in [5, 5.41) is 3.77. The Hall–Kier alpha value is -1.96. The van der Waals surface area contributed by atoms with Gasteiger partial charge in [0.1, 0.15) is 5.25 Å². The summed E-state index contributed by atoms with van der Waals surface area (Å²) in [4.78, 5) is 13.1. The molecule has 0 aliphatic carbocycles. The SMILES string of the molecule is Cn1cc2cc(N3CC(S(=O)(=O)F)CC3=O)ccc2n1. The Morgan fingerprint density at radius 3 is 2.80 bits per heavy atom. The van der Waals surface area contributed by atoms with Gasteiger partial charge in [-0.2, -0.15) is 13.5 Å². The molecule has 1 aliphatic heterocycles. The van der Waals surface area contributed by atoms with E-state index in [2.05, 4.69) is 5.10 Å². The van der Waals surface area contributed by atoms with Crippen LogP contribution >= 0.6 is 0 Å². The van der Waals surface area contributed by atoms with Crippen molar-refractivity contribution in [3.63, 3.8) is 0 Å². The van der Waals surface area contributed by atoms with Crippen LogP contribution in [0.25, 0.3) is 10.9 Å². The number of fused-ring (bicyclic) bond motifs is 1. The van der Waals surface area contributed by atoms with Crippen LogP contribution < -0.4 is 4.90 Å². The molecule has 20 heavy (non-hydrogen) atoms. The van der Waals surface area contributed by atoms with Crippen LogP contribution in [0.3, 0.4) is 0 Å². The summed E-state index contributed by atoms with van der Waals surface area (Å²) in [5.41, 5.74) is 1.33. The fourth-order valence-electron chi connectivity index (χ4n) is 2.42. The van der Waals surface area contributed by atoms with E-state index in [1.54, 1.807) is 36.1 Å². The molecule has 2 aromatic rings. The quantitative estimate of drug-likeness (QED) is 0.775. The van der Waals surface area contributed by atoms with Gasteiger partial charge in [0.15, 0.2) is 0 Å². The van der Waals surface area contributed by atoms with Crippen molar-refractivity contribution in [2.75, 3.05) is 11.4 Å². The molecule has 6 nitrogen and oxygen atoms in total. The number of aryl methyl sites for hydroxylation is 1. The molecule has 3 rings (SSSR count). The summed E-state index contributed by atoms with van der Waals surface area (Å²) in [6, 6.07) is 5.17. The van der Waals surface area contributed by atoms with Crippen molar-refractivity contribution in [1.82, 2.24) is 9.78 Å². The maximum absolute atomic E-state index is 13.0. The van der Waals surface area contributed by atoms with Gasteiger partial charge in [-0.3, -0.25) is 9.48 Å². The van der Waals surface area contributed by atoms with Gasteiger partial charge in [0.05, 0.1) is 5.52 Å². The van der Waals surface area contributed by atoms with Crippen LogP contribution in [-0.4, -0.2) is 35.9 Å². The second kappa shape index (κ2) is 4.27. The summed E-state index contributed by atoms with van der Waals surface area (Å²) in [7, 11) is -2.91. The Kier molecular flexibility index (Phi) is 2.79. The summed E-state index contributed by atoms with van der Waals surface area (Å²) >= 11 is 0. The zero-order chi connectivity index (χ0) is 14.5. The van der Waals surface area contributed by atoms with Crippen LogP contribution in [0.5, 0.6) is 0 Å². The zero-order valence-corrected chi connectivity index (χ0v) is 11.5. The lowest BCUT2D eigenvalue weighted by molar-refractivity contribution is -0.117. The molecular formula is C12H12FN3O3S. The van der Waals surface area contributed by atoms with Gasteiger partial charge in [0.2, 0.25) is 5.91 Å². The third-order valence-corrected chi connectivity index (χ3v) is 4.51. The Labute approximate surface area is 115 Å². The Morgan fingerprint density at radius 2 is 2.15 bits per heavy atom. The molecule has 0 spiro atoms. The van der Waals surface area contributed by atoms with E-state index in [4.69, 9.17) is 0 Å². The Bertz CT molecular complexity index is 799. The molecule has 0 N–H and O–H groups in total. The molecule has 1 saturated heterocycles. The highest BCUT2D eigenvalue weighted by Gasteiger charge is 2.39. The number of carbonyl (C=O) groups excluding carboxylic acids is 1. The minimum Gasteiger partial charge on any atom is -0.311 e. The van der Waals surface area contributed by atoms with Crippen molar-refractivity contribution in [2.45, 2.75) is 11.7 Å². The number of anilines is 1. The van der Waals surface area contributed by atoms with Gasteiger partial charge in [-0.05, 0) is 18.2 Å². The number of benzene rings is 1. The first-order chi connectivity index (χ1) is 9.34. The number of hydrogen-bond acceptors (Lipinski definition) is 4. The lowest BCUT2D eigenvalue weighted by Crippen LogP contribution is -2.26. The third-order valence-electron chi connectivity index (χ3n) is 3.40. The van der Waals surface area contributed by atoms with Crippen molar-refractivity contribution in [2.24, 2.45) is 7.05 Å². The van der Waals surface area contributed by atoms with E-state index in [1.807, 2.05) is 0 Å². The average Bonchev–Trinajstić information content (AvgIpc) is 2.89. The maximum atomic E-state index is 13.0. The molecule has 1 aromatic carbocycles. The Balaban J connectivity index is 1.97. The second-order valence-corrected chi connectivity index (χ2v) is 6.47. The Morgan fingerprint density at radius 1 is 1.40 bits per heavy atom. The number of rotatable bonds is 2. The fourth-order valence-corrected chi connectivity index (χ4v) is 3.09. The maximum Gasteiger partial charge on any atom is 0.307 e. The molecule has 1 unspecified atom stereocenters. The third kappa shape index (κ3) is 2.15. The molecule has 1 amide bonds. The van der Waals surface area contributed by atoms with Crippen LogP contribution in [0.4, 0.5) is 9.57 Å². The van der Waals surface area contributed by atoms with Gasteiger partial charge in [0, 0.05) is 37.3 Å². The standard InChI is InChI=1S/C12H12FN3O3S/c1-15-6-8-4-9(2-3-11(8)14-15)16-7-10(5-12(16)17)20(13,18)19/h2-4,6,10H,5,7H2,1H3. The summed E-state index contributed by atoms with van der Waals surface area (Å²) in [5.74, 6) is -0.389. The van der Waals surface area contributed by atoms with Crippen molar-refractivity contribution < 1.29 is 17.1 Å². The minimum absolute atomic E-state index is 0.149. The monoisotopic (exact) mass is 297 g/mol. The van der Waals surface area contributed by atoms with Crippen molar-refractivity contribution >= 4 is 32.7 Å². The second-order valence-electron chi connectivity index (χ2n) is 4.85. The van der Waals surface area contributed by atoms with Crippen molar-refractivity contribution in [3.8, 4) is 0 Å². The van der Waals surface area contributed by atoms with Gasteiger partial charge < -0.3 is 4.90 Å². The van der Waals surface area contributed by atoms with Gasteiger partial charge in [-0.15, -0.1) is 3.89 Å². The number of hydrogen-bond donors (Lipinski definition) is 0. The summed E-state index contributed by atoms with van der Waals surface area (Å²) in [6.07, 6.45) is 1.48. The summed E-state index contributed by atoms with van der Waals surface area (Å²) < 4.78 is 36.5. The molecule has 0 bridgehead atoms. The molecule has 8 heteroatoms. The van der Waals surface area contributed by atoms with Gasteiger partial charge >= 0.3 is 10.2 Å². The number of carbonyl (C=O) groups is 1. The molecule has 0 radical (unpaired) electrons.